The summed E-state index contributed by atoms with van der Waals surface area (Å²) < 4.78 is 0. The zero-order valence-corrected chi connectivity index (χ0v) is 13.1. The zero-order chi connectivity index (χ0) is 13.1. The van der Waals surface area contributed by atoms with Crippen molar-refractivity contribution in [2.45, 2.75) is 92.4 Å². The maximum absolute atomic E-state index is 2.44. The molecule has 0 bridgehead atoms. The summed E-state index contributed by atoms with van der Waals surface area (Å²) in [5, 5.41) is 0. The fraction of sp³-hybridized carbons (Fsp3) is 1.00. The minimum absolute atomic E-state index is 0.932. The molecule has 0 saturated carbocycles. The zero-order valence-electron chi connectivity index (χ0n) is 13.1. The van der Waals surface area contributed by atoms with Gasteiger partial charge in [-0.2, -0.15) is 0 Å². The minimum atomic E-state index is 0.932. The quantitative estimate of drug-likeness (QED) is 0.364. The maximum atomic E-state index is 2.44. The van der Waals surface area contributed by atoms with Gasteiger partial charge in [-0.1, -0.05) is 92.4 Å². The normalized spacial score (nSPS) is 16.8. The number of rotatable bonds is 11. The van der Waals surface area contributed by atoms with Crippen LogP contribution >= 0.6 is 0 Å². The molecule has 0 saturated heterocycles. The van der Waals surface area contributed by atoms with Crippen molar-refractivity contribution in [1.29, 1.82) is 0 Å². The highest BCUT2D eigenvalue weighted by molar-refractivity contribution is 4.59. The molecule has 104 valence electrons. The molecule has 0 heteroatoms. The first-order valence-electron chi connectivity index (χ1n) is 8.10. The lowest BCUT2D eigenvalue weighted by molar-refractivity contribution is 0.382. The van der Waals surface area contributed by atoms with Crippen LogP contribution in [0.5, 0.6) is 0 Å². The number of hydrogen-bond donors (Lipinski definition) is 0. The molecule has 3 unspecified atom stereocenters. The first-order chi connectivity index (χ1) is 8.10. The van der Waals surface area contributed by atoms with E-state index in [0.29, 0.717) is 0 Å². The first kappa shape index (κ1) is 17.0. The molecule has 0 nitrogen and oxygen atoms in total. The molecule has 0 heterocycles. The standard InChI is InChI=1S/C17H36/c1-6-10-16(4)11-8-9-12-17(5)14-13-15(3)7-2/h15-17H,6-14H2,1-5H3. The molecular formula is C17H36. The van der Waals surface area contributed by atoms with E-state index in [-0.39, 0.29) is 0 Å². The molecule has 0 spiro atoms. The van der Waals surface area contributed by atoms with Crippen LogP contribution in [0.2, 0.25) is 0 Å². The predicted octanol–water partition coefficient (Wildman–Crippen LogP) is 6.45. The molecule has 0 rings (SSSR count). The first-order valence-corrected chi connectivity index (χ1v) is 8.10. The lowest BCUT2D eigenvalue weighted by Gasteiger charge is -2.15. The van der Waals surface area contributed by atoms with Gasteiger partial charge in [0.15, 0.2) is 0 Å². The van der Waals surface area contributed by atoms with Gasteiger partial charge in [0, 0.05) is 0 Å². The van der Waals surface area contributed by atoms with E-state index in [1.807, 2.05) is 0 Å². The Morgan fingerprint density at radius 2 is 1.06 bits per heavy atom. The lowest BCUT2D eigenvalue weighted by Crippen LogP contribution is -2.00. The second kappa shape index (κ2) is 11.1. The molecule has 0 aromatic rings. The summed E-state index contributed by atoms with van der Waals surface area (Å²) in [6, 6.07) is 0. The van der Waals surface area contributed by atoms with Crippen molar-refractivity contribution in [3.63, 3.8) is 0 Å². The molecule has 3 atom stereocenters. The van der Waals surface area contributed by atoms with E-state index in [4.69, 9.17) is 0 Å². The number of unbranched alkanes of at least 4 members (excludes halogenated alkanes) is 1. The van der Waals surface area contributed by atoms with Crippen molar-refractivity contribution >= 4 is 0 Å². The molecule has 0 fully saturated rings. The highest BCUT2D eigenvalue weighted by Crippen LogP contribution is 2.21. The maximum Gasteiger partial charge on any atom is -0.0443 e. The second-order valence-electron chi connectivity index (χ2n) is 6.37. The van der Waals surface area contributed by atoms with E-state index >= 15 is 0 Å². The lowest BCUT2D eigenvalue weighted by atomic mass is 9.91. The Bertz CT molecular complexity index is 150. The van der Waals surface area contributed by atoms with Crippen LogP contribution in [0, 0.1) is 17.8 Å². The summed E-state index contributed by atoms with van der Waals surface area (Å²) >= 11 is 0. The molecule has 17 heavy (non-hydrogen) atoms. The Morgan fingerprint density at radius 3 is 1.53 bits per heavy atom. The van der Waals surface area contributed by atoms with Crippen LogP contribution in [-0.2, 0) is 0 Å². The summed E-state index contributed by atoms with van der Waals surface area (Å²) in [4.78, 5) is 0. The predicted molar refractivity (Wildman–Crippen MR) is 80.4 cm³/mol. The van der Waals surface area contributed by atoms with Gasteiger partial charge in [0.05, 0.1) is 0 Å². The van der Waals surface area contributed by atoms with E-state index in [0.717, 1.165) is 17.8 Å². The summed E-state index contributed by atoms with van der Waals surface area (Å²) in [5.74, 6) is 2.84. The molecule has 0 aliphatic rings. The molecule has 0 amide bonds. The van der Waals surface area contributed by atoms with Gasteiger partial charge in [0.25, 0.3) is 0 Å². The van der Waals surface area contributed by atoms with Gasteiger partial charge in [-0.15, -0.1) is 0 Å². The highest BCUT2D eigenvalue weighted by Gasteiger charge is 2.06. The van der Waals surface area contributed by atoms with E-state index in [1.165, 1.54) is 57.8 Å². The molecule has 0 aliphatic carbocycles. The third-order valence-corrected chi connectivity index (χ3v) is 4.27. The number of hydrogen-bond acceptors (Lipinski definition) is 0. The van der Waals surface area contributed by atoms with Crippen LogP contribution in [0.3, 0.4) is 0 Å². The summed E-state index contributed by atoms with van der Waals surface area (Å²) in [6.45, 7) is 11.9. The summed E-state index contributed by atoms with van der Waals surface area (Å²) in [6.07, 6.45) is 12.8. The van der Waals surface area contributed by atoms with Gasteiger partial charge in [0.1, 0.15) is 0 Å². The Hall–Kier alpha value is 0. The monoisotopic (exact) mass is 240 g/mol. The van der Waals surface area contributed by atoms with Crippen molar-refractivity contribution in [1.82, 2.24) is 0 Å². The Balaban J connectivity index is 3.35. The average Bonchev–Trinajstić information content (AvgIpc) is 2.32. The van der Waals surface area contributed by atoms with Crippen LogP contribution < -0.4 is 0 Å². The summed E-state index contributed by atoms with van der Waals surface area (Å²) in [7, 11) is 0. The minimum Gasteiger partial charge on any atom is -0.0654 e. The third-order valence-electron chi connectivity index (χ3n) is 4.27. The fourth-order valence-electron chi connectivity index (χ4n) is 2.54. The molecule has 0 aromatic heterocycles. The largest absolute Gasteiger partial charge is 0.0654 e. The van der Waals surface area contributed by atoms with Gasteiger partial charge < -0.3 is 0 Å². The van der Waals surface area contributed by atoms with Crippen molar-refractivity contribution in [2.75, 3.05) is 0 Å². The molecule has 0 aliphatic heterocycles. The van der Waals surface area contributed by atoms with Crippen molar-refractivity contribution in [2.24, 2.45) is 17.8 Å². The van der Waals surface area contributed by atoms with Crippen LogP contribution in [-0.4, -0.2) is 0 Å². The SMILES string of the molecule is CCCC(C)CCCCC(C)CCC(C)CC. The van der Waals surface area contributed by atoms with Gasteiger partial charge in [-0.3, -0.25) is 0 Å². The van der Waals surface area contributed by atoms with Crippen molar-refractivity contribution in [3.8, 4) is 0 Å². The Labute approximate surface area is 111 Å². The Morgan fingerprint density at radius 1 is 0.588 bits per heavy atom. The van der Waals surface area contributed by atoms with Crippen molar-refractivity contribution in [3.05, 3.63) is 0 Å². The highest BCUT2D eigenvalue weighted by atomic mass is 14.1. The fourth-order valence-corrected chi connectivity index (χ4v) is 2.54. The van der Waals surface area contributed by atoms with E-state index in [1.54, 1.807) is 0 Å². The second-order valence-corrected chi connectivity index (χ2v) is 6.37. The van der Waals surface area contributed by atoms with Gasteiger partial charge in [-0.05, 0) is 17.8 Å². The van der Waals surface area contributed by atoms with E-state index in [2.05, 4.69) is 34.6 Å². The van der Waals surface area contributed by atoms with Crippen LogP contribution in [0.1, 0.15) is 92.4 Å². The Kier molecular flexibility index (Phi) is 11.1. The molecular weight excluding hydrogens is 204 g/mol. The van der Waals surface area contributed by atoms with Crippen LogP contribution in [0.4, 0.5) is 0 Å². The van der Waals surface area contributed by atoms with E-state index in [9.17, 15) is 0 Å². The molecule has 0 aromatic carbocycles. The molecule has 0 radical (unpaired) electrons. The van der Waals surface area contributed by atoms with Crippen LogP contribution in [0.15, 0.2) is 0 Å². The average molecular weight is 240 g/mol. The van der Waals surface area contributed by atoms with Crippen molar-refractivity contribution < 1.29 is 0 Å². The van der Waals surface area contributed by atoms with Gasteiger partial charge >= 0.3 is 0 Å². The molecule has 0 N–H and O–H groups in total. The third kappa shape index (κ3) is 10.9. The van der Waals surface area contributed by atoms with Gasteiger partial charge in [0.2, 0.25) is 0 Å². The van der Waals surface area contributed by atoms with E-state index < -0.39 is 0 Å². The smallest absolute Gasteiger partial charge is 0.0443 e. The summed E-state index contributed by atoms with van der Waals surface area (Å²) in [5.41, 5.74) is 0. The van der Waals surface area contributed by atoms with Gasteiger partial charge in [-0.25, -0.2) is 0 Å². The topological polar surface area (TPSA) is 0 Å². The van der Waals surface area contributed by atoms with Crippen LogP contribution in [0.25, 0.3) is 0 Å².